The van der Waals surface area contributed by atoms with Crippen molar-refractivity contribution in [2.75, 3.05) is 26.2 Å². The predicted molar refractivity (Wildman–Crippen MR) is 129 cm³/mol. The smallest absolute Gasteiger partial charge is 0.307 e. The molecule has 1 saturated heterocycles. The molecule has 5 rings (SSSR count). The minimum Gasteiger partial charge on any atom is -0.466 e. The van der Waals surface area contributed by atoms with E-state index in [2.05, 4.69) is 26.9 Å². The van der Waals surface area contributed by atoms with Gasteiger partial charge in [-0.15, -0.1) is 0 Å². The number of aromatic nitrogens is 3. The van der Waals surface area contributed by atoms with Crippen LogP contribution in [0.25, 0.3) is 11.3 Å². The summed E-state index contributed by atoms with van der Waals surface area (Å²) >= 11 is 0. The molecule has 1 unspecified atom stereocenters. The van der Waals surface area contributed by atoms with Crippen LogP contribution < -0.4 is 0 Å². The number of aliphatic hydroxyl groups excluding tert-OH is 1. The number of rotatable bonds is 8. The number of nitrogens with zero attached hydrogens (tertiary/aromatic N) is 4. The molecule has 4 atom stereocenters. The van der Waals surface area contributed by atoms with Crippen LogP contribution >= 0.6 is 0 Å². The second kappa shape index (κ2) is 10.1. The average molecular weight is 475 g/mol. The van der Waals surface area contributed by atoms with Crippen molar-refractivity contribution in [2.24, 2.45) is 17.8 Å². The van der Waals surface area contributed by atoms with E-state index in [1.165, 1.54) is 0 Å². The minimum atomic E-state index is -0.643. The number of hydrogen-bond acceptors (Lipinski definition) is 7. The molecule has 182 valence electrons. The number of ether oxygens (including phenoxy) is 1. The zero-order valence-corrected chi connectivity index (χ0v) is 20.1. The van der Waals surface area contributed by atoms with Gasteiger partial charge >= 0.3 is 5.97 Å². The maximum atomic E-state index is 11.5. The second-order valence-electron chi connectivity index (χ2n) is 9.29. The Hall–Kier alpha value is -3.41. The van der Waals surface area contributed by atoms with Gasteiger partial charge in [0.2, 0.25) is 0 Å². The third-order valence-corrected chi connectivity index (χ3v) is 6.77. The summed E-state index contributed by atoms with van der Waals surface area (Å²) in [5, 5.41) is 14.0. The zero-order valence-electron chi connectivity index (χ0n) is 20.1. The molecule has 1 aliphatic heterocycles. The molecule has 1 aliphatic carbocycles. The SMILES string of the molecule is CCOC(=O)CCN1C[C@@H]2C(C#Cc3ccc(-c4cc(Cn5ccnc5[C@H](C)O)no4)cc3)[C@@H]2C1. The van der Waals surface area contributed by atoms with Crippen molar-refractivity contribution in [2.45, 2.75) is 32.9 Å². The summed E-state index contributed by atoms with van der Waals surface area (Å²) in [6.07, 6.45) is 3.31. The lowest BCUT2D eigenvalue weighted by Gasteiger charge is -2.17. The summed E-state index contributed by atoms with van der Waals surface area (Å²) in [4.78, 5) is 18.1. The molecule has 3 aromatic rings. The quantitative estimate of drug-likeness (QED) is 0.396. The topological polar surface area (TPSA) is 93.6 Å². The standard InChI is InChI=1S/C27H30N4O4/c1-3-34-26(33)10-12-30-16-23-22(24(23)17-30)9-6-19-4-7-20(8-5-19)25-14-21(29-35-25)15-31-13-11-28-27(31)18(2)32/h4-5,7-8,11,13-14,18,22-24,32H,3,10,12,15-17H2,1-2H3/t18-,22?,23-,24+/m0/s1. The van der Waals surface area contributed by atoms with Gasteiger partial charge in [0, 0.05) is 55.1 Å². The number of fused-ring (bicyclic) bond motifs is 1. The van der Waals surface area contributed by atoms with E-state index in [-0.39, 0.29) is 5.97 Å². The van der Waals surface area contributed by atoms with Crippen molar-refractivity contribution < 1.29 is 19.2 Å². The third-order valence-electron chi connectivity index (χ3n) is 6.77. The van der Waals surface area contributed by atoms with Crippen LogP contribution in [0.15, 0.2) is 47.2 Å². The van der Waals surface area contributed by atoms with E-state index < -0.39 is 6.10 Å². The van der Waals surface area contributed by atoms with Gasteiger partial charge in [-0.2, -0.15) is 0 Å². The summed E-state index contributed by atoms with van der Waals surface area (Å²) < 4.78 is 12.4. The Morgan fingerprint density at radius 1 is 1.29 bits per heavy atom. The molecule has 0 amide bonds. The highest BCUT2D eigenvalue weighted by molar-refractivity contribution is 5.69. The van der Waals surface area contributed by atoms with E-state index in [4.69, 9.17) is 9.26 Å². The molecular weight excluding hydrogens is 444 g/mol. The van der Waals surface area contributed by atoms with Crippen LogP contribution in [0, 0.1) is 29.6 Å². The Morgan fingerprint density at radius 3 is 2.77 bits per heavy atom. The van der Waals surface area contributed by atoms with Gasteiger partial charge in [0.25, 0.3) is 0 Å². The van der Waals surface area contributed by atoms with Crippen LogP contribution in [0.1, 0.15) is 43.5 Å². The van der Waals surface area contributed by atoms with Crippen molar-refractivity contribution in [3.05, 3.63) is 59.8 Å². The van der Waals surface area contributed by atoms with Gasteiger partial charge < -0.3 is 23.8 Å². The molecule has 1 aromatic carbocycles. The number of hydrogen-bond donors (Lipinski definition) is 1. The van der Waals surface area contributed by atoms with E-state index in [0.717, 1.165) is 36.5 Å². The van der Waals surface area contributed by atoms with E-state index in [9.17, 15) is 9.90 Å². The molecule has 0 spiro atoms. The lowest BCUT2D eigenvalue weighted by Crippen LogP contribution is -2.27. The van der Waals surface area contributed by atoms with Crippen LogP contribution in [-0.2, 0) is 16.1 Å². The predicted octanol–water partition coefficient (Wildman–Crippen LogP) is 3.12. The molecule has 1 saturated carbocycles. The van der Waals surface area contributed by atoms with Crippen molar-refractivity contribution >= 4 is 5.97 Å². The van der Waals surface area contributed by atoms with Crippen LogP contribution in [0.4, 0.5) is 0 Å². The lowest BCUT2D eigenvalue weighted by atomic mass is 10.1. The first-order valence-electron chi connectivity index (χ1n) is 12.2. The van der Waals surface area contributed by atoms with Crippen molar-refractivity contribution in [3.8, 4) is 23.2 Å². The molecule has 0 radical (unpaired) electrons. The van der Waals surface area contributed by atoms with E-state index in [1.54, 1.807) is 13.1 Å². The Balaban J connectivity index is 1.13. The Bertz CT molecular complexity index is 1220. The van der Waals surface area contributed by atoms with Gasteiger partial charge in [-0.25, -0.2) is 4.98 Å². The highest BCUT2D eigenvalue weighted by atomic mass is 16.5. The zero-order chi connectivity index (χ0) is 24.4. The lowest BCUT2D eigenvalue weighted by molar-refractivity contribution is -0.143. The van der Waals surface area contributed by atoms with Crippen molar-refractivity contribution in [1.29, 1.82) is 0 Å². The molecule has 2 aromatic heterocycles. The first kappa shape index (κ1) is 23.3. The molecule has 0 bridgehead atoms. The molecule has 8 nitrogen and oxygen atoms in total. The number of carbonyl (C=O) groups excluding carboxylic acids is 1. The maximum absolute atomic E-state index is 11.5. The largest absolute Gasteiger partial charge is 0.466 e. The number of carbonyl (C=O) groups is 1. The van der Waals surface area contributed by atoms with Crippen molar-refractivity contribution in [3.63, 3.8) is 0 Å². The first-order valence-corrected chi connectivity index (χ1v) is 12.2. The molecule has 2 aliphatic rings. The number of esters is 1. The molecule has 2 fully saturated rings. The van der Waals surface area contributed by atoms with Gasteiger partial charge in [-0.3, -0.25) is 4.79 Å². The average Bonchev–Trinajstić information content (AvgIpc) is 3.33. The molecule has 3 heterocycles. The van der Waals surface area contributed by atoms with Gasteiger partial charge in [-0.1, -0.05) is 17.0 Å². The molecule has 35 heavy (non-hydrogen) atoms. The van der Waals surface area contributed by atoms with Crippen molar-refractivity contribution in [1.82, 2.24) is 19.6 Å². The Morgan fingerprint density at radius 2 is 2.06 bits per heavy atom. The second-order valence-corrected chi connectivity index (χ2v) is 9.29. The Kier molecular flexibility index (Phi) is 6.71. The monoisotopic (exact) mass is 474 g/mol. The van der Waals surface area contributed by atoms with E-state index in [0.29, 0.717) is 48.9 Å². The number of piperidine rings is 1. The maximum Gasteiger partial charge on any atom is 0.307 e. The highest BCUT2D eigenvalue weighted by Gasteiger charge is 2.54. The molecule has 1 N–H and O–H groups in total. The van der Waals surface area contributed by atoms with Crippen LogP contribution in [0.3, 0.4) is 0 Å². The van der Waals surface area contributed by atoms with Crippen LogP contribution in [-0.4, -0.2) is 56.9 Å². The number of likely N-dealkylation sites (tertiary alicyclic amines) is 1. The third kappa shape index (κ3) is 5.31. The fourth-order valence-electron chi connectivity index (χ4n) is 4.90. The van der Waals surface area contributed by atoms with Gasteiger partial charge in [0.1, 0.15) is 17.6 Å². The summed E-state index contributed by atoms with van der Waals surface area (Å²) in [5.41, 5.74) is 2.69. The fourth-order valence-corrected chi connectivity index (χ4v) is 4.90. The van der Waals surface area contributed by atoms with Gasteiger partial charge in [-0.05, 0) is 49.9 Å². The summed E-state index contributed by atoms with van der Waals surface area (Å²) in [7, 11) is 0. The fraction of sp³-hybridized carbons (Fsp3) is 0.444. The highest BCUT2D eigenvalue weighted by Crippen LogP contribution is 2.51. The van der Waals surface area contributed by atoms with Crippen LogP contribution in [0.2, 0.25) is 0 Å². The van der Waals surface area contributed by atoms with Gasteiger partial charge in [0.15, 0.2) is 5.76 Å². The number of benzene rings is 1. The van der Waals surface area contributed by atoms with E-state index in [1.807, 2.05) is 48.0 Å². The summed E-state index contributed by atoms with van der Waals surface area (Å²) in [5.74, 6) is 9.66. The van der Waals surface area contributed by atoms with Gasteiger partial charge in [0.05, 0.1) is 19.6 Å². The Labute approximate surface area is 204 Å². The number of imidazole rings is 1. The summed E-state index contributed by atoms with van der Waals surface area (Å²) in [6, 6.07) is 9.92. The van der Waals surface area contributed by atoms with Crippen LogP contribution in [0.5, 0.6) is 0 Å². The molecular formula is C27H30N4O4. The normalized spacial score (nSPS) is 21.7. The first-order chi connectivity index (χ1) is 17.0. The molecule has 8 heteroatoms. The van der Waals surface area contributed by atoms with E-state index >= 15 is 0 Å². The minimum absolute atomic E-state index is 0.113. The number of aliphatic hydroxyl groups is 1. The summed E-state index contributed by atoms with van der Waals surface area (Å²) in [6.45, 7) is 7.28.